The molecule has 11 nitrogen and oxygen atoms in total. The molecule has 0 radical (unpaired) electrons. The lowest BCUT2D eigenvalue weighted by Gasteiger charge is -2.16. The molecule has 1 aliphatic rings. The Morgan fingerprint density at radius 2 is 2.00 bits per heavy atom. The molecule has 3 aromatic rings. The summed E-state index contributed by atoms with van der Waals surface area (Å²) < 4.78 is 6.98. The Labute approximate surface area is 165 Å². The summed E-state index contributed by atoms with van der Waals surface area (Å²) in [7, 11) is 0. The van der Waals surface area contributed by atoms with Gasteiger partial charge in [0.25, 0.3) is 0 Å². The van der Waals surface area contributed by atoms with Crippen molar-refractivity contribution in [1.29, 1.82) is 0 Å². The highest BCUT2D eigenvalue weighted by Crippen LogP contribution is 2.32. The fraction of sp³-hybridized carbons (Fsp3) is 0.333. The zero-order valence-electron chi connectivity index (χ0n) is 15.3. The first-order valence-electron chi connectivity index (χ1n) is 9.02. The van der Waals surface area contributed by atoms with Crippen LogP contribution < -0.4 is 11.2 Å². The SMILES string of the molecule is Nc1nc(N/N=C/Cc2ccccc2)nc2c1ncn2[C@@H]1O[C@H](CO)[C@@H](O)[C@H]1O. The minimum atomic E-state index is -1.26. The van der Waals surface area contributed by atoms with Crippen LogP contribution in [0.25, 0.3) is 11.2 Å². The van der Waals surface area contributed by atoms with E-state index in [1.165, 1.54) is 10.9 Å². The van der Waals surface area contributed by atoms with Crippen molar-refractivity contribution in [2.75, 3.05) is 17.8 Å². The fourth-order valence-corrected chi connectivity index (χ4v) is 3.15. The summed E-state index contributed by atoms with van der Waals surface area (Å²) in [5.74, 6) is 0.272. The van der Waals surface area contributed by atoms with Crippen molar-refractivity contribution in [2.24, 2.45) is 5.10 Å². The largest absolute Gasteiger partial charge is 0.394 e. The Hall–Kier alpha value is -3.12. The van der Waals surface area contributed by atoms with Crippen LogP contribution in [0.3, 0.4) is 0 Å². The number of fused-ring (bicyclic) bond motifs is 1. The van der Waals surface area contributed by atoms with Gasteiger partial charge in [-0.1, -0.05) is 30.3 Å². The second-order valence-electron chi connectivity index (χ2n) is 6.60. The maximum absolute atomic E-state index is 10.3. The predicted octanol–water partition coefficient (Wildman–Crippen LogP) is -0.340. The number of hydrogen-bond donors (Lipinski definition) is 5. The van der Waals surface area contributed by atoms with Crippen LogP contribution in [0.1, 0.15) is 11.8 Å². The van der Waals surface area contributed by atoms with Crippen molar-refractivity contribution in [3.05, 3.63) is 42.2 Å². The summed E-state index contributed by atoms with van der Waals surface area (Å²) >= 11 is 0. The van der Waals surface area contributed by atoms with E-state index in [4.69, 9.17) is 10.5 Å². The number of nitrogen functional groups attached to an aromatic ring is 1. The van der Waals surface area contributed by atoms with Crippen molar-refractivity contribution in [3.63, 3.8) is 0 Å². The molecule has 29 heavy (non-hydrogen) atoms. The molecule has 0 amide bonds. The van der Waals surface area contributed by atoms with E-state index in [-0.39, 0.29) is 11.8 Å². The number of hydrogen-bond acceptors (Lipinski definition) is 10. The number of nitrogens with two attached hydrogens (primary N) is 1. The van der Waals surface area contributed by atoms with Gasteiger partial charge in [0, 0.05) is 12.6 Å². The summed E-state index contributed by atoms with van der Waals surface area (Å²) in [5, 5.41) is 33.6. The molecule has 4 atom stereocenters. The zero-order chi connectivity index (χ0) is 20.4. The molecule has 11 heteroatoms. The van der Waals surface area contributed by atoms with E-state index in [2.05, 4.69) is 25.5 Å². The molecule has 0 bridgehead atoms. The number of anilines is 2. The minimum Gasteiger partial charge on any atom is -0.394 e. The Kier molecular flexibility index (Phi) is 5.36. The smallest absolute Gasteiger partial charge is 0.247 e. The quantitative estimate of drug-likeness (QED) is 0.275. The second kappa shape index (κ2) is 8.09. The number of nitrogens with zero attached hydrogens (tertiary/aromatic N) is 5. The lowest BCUT2D eigenvalue weighted by Crippen LogP contribution is -2.33. The third-order valence-electron chi connectivity index (χ3n) is 4.67. The van der Waals surface area contributed by atoms with Gasteiger partial charge in [0.05, 0.1) is 12.9 Å². The van der Waals surface area contributed by atoms with Crippen LogP contribution in [0.4, 0.5) is 11.8 Å². The monoisotopic (exact) mass is 399 g/mol. The lowest BCUT2D eigenvalue weighted by molar-refractivity contribution is -0.0511. The molecule has 1 saturated heterocycles. The van der Waals surface area contributed by atoms with Crippen molar-refractivity contribution < 1.29 is 20.1 Å². The number of imidazole rings is 1. The number of aliphatic hydroxyl groups is 3. The van der Waals surface area contributed by atoms with Gasteiger partial charge in [-0.3, -0.25) is 4.57 Å². The van der Waals surface area contributed by atoms with Crippen molar-refractivity contribution in [3.8, 4) is 0 Å². The number of aromatic nitrogens is 4. The first-order chi connectivity index (χ1) is 14.1. The van der Waals surface area contributed by atoms with E-state index in [1.807, 2.05) is 30.3 Å². The van der Waals surface area contributed by atoms with Crippen molar-refractivity contribution in [1.82, 2.24) is 19.5 Å². The number of benzene rings is 1. The Bertz CT molecular complexity index is 1010. The van der Waals surface area contributed by atoms with E-state index in [0.29, 0.717) is 17.6 Å². The summed E-state index contributed by atoms with van der Waals surface area (Å²) in [6.45, 7) is -0.429. The average molecular weight is 399 g/mol. The molecule has 3 heterocycles. The molecular formula is C18H21N7O4. The maximum Gasteiger partial charge on any atom is 0.247 e. The first kappa shape index (κ1) is 19.2. The van der Waals surface area contributed by atoms with Gasteiger partial charge in [0.2, 0.25) is 5.95 Å². The van der Waals surface area contributed by atoms with Gasteiger partial charge in [-0.25, -0.2) is 10.4 Å². The molecule has 0 saturated carbocycles. The molecule has 152 valence electrons. The summed E-state index contributed by atoms with van der Waals surface area (Å²) in [4.78, 5) is 12.6. The van der Waals surface area contributed by atoms with Gasteiger partial charge < -0.3 is 25.8 Å². The number of ether oxygens (including phenoxy) is 1. The molecule has 2 aromatic heterocycles. The Morgan fingerprint density at radius 1 is 1.21 bits per heavy atom. The third-order valence-corrected chi connectivity index (χ3v) is 4.67. The van der Waals surface area contributed by atoms with Crippen LogP contribution >= 0.6 is 0 Å². The summed E-state index contributed by atoms with van der Waals surface area (Å²) in [6.07, 6.45) is -0.682. The number of nitrogens with one attached hydrogen (secondary N) is 1. The Morgan fingerprint density at radius 3 is 2.72 bits per heavy atom. The average Bonchev–Trinajstić information content (AvgIpc) is 3.28. The van der Waals surface area contributed by atoms with Gasteiger partial charge in [-0.05, 0) is 5.56 Å². The number of rotatable bonds is 6. The third kappa shape index (κ3) is 3.76. The summed E-state index contributed by atoms with van der Waals surface area (Å²) in [5.41, 5.74) is 10.4. The van der Waals surface area contributed by atoms with Crippen LogP contribution in [0, 0.1) is 0 Å². The number of aliphatic hydroxyl groups excluding tert-OH is 3. The molecule has 0 spiro atoms. The molecule has 0 aliphatic carbocycles. The van der Waals surface area contributed by atoms with Crippen LogP contribution in [0.2, 0.25) is 0 Å². The van der Waals surface area contributed by atoms with E-state index in [0.717, 1.165) is 5.56 Å². The van der Waals surface area contributed by atoms with Crippen LogP contribution in [-0.2, 0) is 11.2 Å². The lowest BCUT2D eigenvalue weighted by atomic mass is 10.1. The highest BCUT2D eigenvalue weighted by Gasteiger charge is 2.44. The van der Waals surface area contributed by atoms with Gasteiger partial charge in [0.15, 0.2) is 17.7 Å². The highest BCUT2D eigenvalue weighted by atomic mass is 16.6. The van der Waals surface area contributed by atoms with Crippen molar-refractivity contribution in [2.45, 2.75) is 31.0 Å². The van der Waals surface area contributed by atoms with Gasteiger partial charge in [0.1, 0.15) is 23.8 Å². The molecule has 1 fully saturated rings. The second-order valence-corrected chi connectivity index (χ2v) is 6.60. The van der Waals surface area contributed by atoms with Crippen LogP contribution in [0.5, 0.6) is 0 Å². The molecule has 0 unspecified atom stereocenters. The van der Waals surface area contributed by atoms with Crippen LogP contribution in [0.15, 0.2) is 41.8 Å². The molecule has 6 N–H and O–H groups in total. The topological polar surface area (TPSA) is 164 Å². The maximum atomic E-state index is 10.3. The first-order valence-corrected chi connectivity index (χ1v) is 9.02. The van der Waals surface area contributed by atoms with E-state index in [9.17, 15) is 15.3 Å². The molecular weight excluding hydrogens is 378 g/mol. The van der Waals surface area contributed by atoms with Gasteiger partial charge >= 0.3 is 0 Å². The molecule has 1 aliphatic heterocycles. The predicted molar refractivity (Wildman–Crippen MR) is 105 cm³/mol. The number of hydrazone groups is 1. The molecule has 4 rings (SSSR count). The Balaban J connectivity index is 1.55. The van der Waals surface area contributed by atoms with Gasteiger partial charge in [-0.2, -0.15) is 15.1 Å². The standard InChI is InChI=1S/C18H21N7O4/c19-15-12-16(25(9-20-12)17-14(28)13(27)11(8-26)29-17)23-18(22-15)24-21-7-6-10-4-2-1-3-5-10/h1-5,7,9,11,13-14,17,26-28H,6,8H2,(H3,19,22,23,24)/b21-7+/t11-,13-,14-,17-/m1/s1. The summed E-state index contributed by atoms with van der Waals surface area (Å²) in [6, 6.07) is 9.83. The van der Waals surface area contributed by atoms with Gasteiger partial charge in [-0.15, -0.1) is 0 Å². The minimum absolute atomic E-state index is 0.126. The normalized spacial score (nSPS) is 24.5. The van der Waals surface area contributed by atoms with E-state index in [1.54, 1.807) is 6.21 Å². The van der Waals surface area contributed by atoms with Crippen LogP contribution in [-0.4, -0.2) is 66.0 Å². The zero-order valence-corrected chi connectivity index (χ0v) is 15.3. The highest BCUT2D eigenvalue weighted by molar-refractivity contribution is 5.83. The van der Waals surface area contributed by atoms with E-state index >= 15 is 0 Å². The molecule has 1 aromatic carbocycles. The van der Waals surface area contributed by atoms with E-state index < -0.39 is 31.1 Å². The fourth-order valence-electron chi connectivity index (χ4n) is 3.15. The van der Waals surface area contributed by atoms with Crippen molar-refractivity contribution >= 4 is 29.1 Å².